The molecule has 2 atom stereocenters. The van der Waals surface area contributed by atoms with Crippen molar-refractivity contribution >= 4 is 23.2 Å². The molecule has 3 aliphatic rings. The molecule has 0 aromatic heterocycles. The van der Waals surface area contributed by atoms with Crippen LogP contribution in [0.1, 0.15) is 31.7 Å². The van der Waals surface area contributed by atoms with Gasteiger partial charge in [-0.3, -0.25) is 14.5 Å². The largest absolute Gasteiger partial charge is 0.392 e. The van der Waals surface area contributed by atoms with Crippen LogP contribution in [-0.2, 0) is 14.4 Å². The monoisotopic (exact) mass is 461 g/mol. The van der Waals surface area contributed by atoms with Gasteiger partial charge in [0.2, 0.25) is 11.8 Å². The number of benzene rings is 1. The zero-order valence-electron chi connectivity index (χ0n) is 19.0. The molecule has 0 aliphatic carbocycles. The summed E-state index contributed by atoms with van der Waals surface area (Å²) in [5.41, 5.74) is 1.84. The molecule has 2 N–H and O–H groups in total. The average Bonchev–Trinajstić information content (AvgIpc) is 3.27. The fraction of sp³-hybridized carbons (Fsp3) is 0.609. The number of oxime groups is 1. The van der Waals surface area contributed by atoms with Crippen LogP contribution in [0.25, 0.3) is 0 Å². The van der Waals surface area contributed by atoms with Gasteiger partial charge in [0.1, 0.15) is 11.9 Å². The molecule has 4 rings (SSSR count). The molecule has 0 bridgehead atoms. The number of halogens is 1. The van der Waals surface area contributed by atoms with Gasteiger partial charge in [-0.15, -0.1) is 0 Å². The second kappa shape index (κ2) is 10.5. The summed E-state index contributed by atoms with van der Waals surface area (Å²) >= 11 is 0. The van der Waals surface area contributed by atoms with Crippen molar-refractivity contribution in [3.05, 3.63) is 29.6 Å². The molecule has 180 valence electrons. The summed E-state index contributed by atoms with van der Waals surface area (Å²) in [6, 6.07) is 5.05. The van der Waals surface area contributed by atoms with Gasteiger partial charge in [0, 0.05) is 51.6 Å². The molecular weight excluding hydrogens is 429 g/mol. The van der Waals surface area contributed by atoms with Gasteiger partial charge in [0.25, 0.3) is 0 Å². The van der Waals surface area contributed by atoms with Gasteiger partial charge in [-0.1, -0.05) is 11.2 Å². The number of piperazine rings is 1. The Morgan fingerprint density at radius 3 is 2.73 bits per heavy atom. The second-order valence-electron chi connectivity index (χ2n) is 8.97. The molecule has 33 heavy (non-hydrogen) atoms. The summed E-state index contributed by atoms with van der Waals surface area (Å²) in [7, 11) is 0. The Hall–Kier alpha value is -2.72. The first kappa shape index (κ1) is 23.4. The number of carbonyl (C=O) groups is 2. The molecule has 1 aromatic rings. The molecule has 2 amide bonds. The number of amides is 2. The number of carbonyl (C=O) groups excluding carboxylic acids is 2. The number of nitrogens with one attached hydrogen (secondary N) is 1. The highest BCUT2D eigenvalue weighted by Crippen LogP contribution is 2.25. The molecule has 3 heterocycles. The van der Waals surface area contributed by atoms with Crippen molar-refractivity contribution in [2.45, 2.75) is 38.4 Å². The Morgan fingerprint density at radius 1 is 1.24 bits per heavy atom. The molecule has 2 saturated heterocycles. The van der Waals surface area contributed by atoms with Crippen LogP contribution in [0.5, 0.6) is 0 Å². The lowest BCUT2D eigenvalue weighted by Gasteiger charge is -2.38. The Kier molecular flexibility index (Phi) is 7.44. The topological polar surface area (TPSA) is 97.7 Å². The zero-order valence-corrected chi connectivity index (χ0v) is 19.0. The van der Waals surface area contributed by atoms with Gasteiger partial charge in [0.15, 0.2) is 0 Å². The van der Waals surface area contributed by atoms with E-state index in [1.165, 1.54) is 13.0 Å². The Morgan fingerprint density at radius 2 is 2.03 bits per heavy atom. The van der Waals surface area contributed by atoms with E-state index in [0.29, 0.717) is 69.2 Å². The van der Waals surface area contributed by atoms with Crippen LogP contribution < -0.4 is 10.2 Å². The van der Waals surface area contributed by atoms with Gasteiger partial charge in [0.05, 0.1) is 30.6 Å². The van der Waals surface area contributed by atoms with E-state index < -0.39 is 0 Å². The fourth-order valence-electron chi connectivity index (χ4n) is 4.57. The van der Waals surface area contributed by atoms with Crippen molar-refractivity contribution in [1.82, 2.24) is 15.1 Å². The second-order valence-corrected chi connectivity index (χ2v) is 8.97. The molecule has 2 unspecified atom stereocenters. The standard InChI is InChI=1S/C23H32FN5O4/c1-16(30)25-13-19-12-21(26-33-19)17-4-5-22(20(24)11-17)28-7-9-29(10-8-28)23(32)15-27-6-2-3-18(31)14-27/h4-5,11,18-19,31H,2-3,6-10,12-15H2,1H3,(H,25,30). The first-order chi connectivity index (χ1) is 15.9. The maximum atomic E-state index is 14.9. The van der Waals surface area contributed by atoms with Gasteiger partial charge >= 0.3 is 0 Å². The summed E-state index contributed by atoms with van der Waals surface area (Å²) in [6.07, 6.45) is 1.62. The zero-order chi connectivity index (χ0) is 23.4. The highest BCUT2D eigenvalue weighted by atomic mass is 19.1. The summed E-state index contributed by atoms with van der Waals surface area (Å²) in [5.74, 6) is -0.398. The first-order valence-electron chi connectivity index (χ1n) is 11.6. The maximum Gasteiger partial charge on any atom is 0.236 e. The summed E-state index contributed by atoms with van der Waals surface area (Å²) in [4.78, 5) is 34.8. The number of rotatable bonds is 6. The van der Waals surface area contributed by atoms with E-state index in [1.807, 2.05) is 20.8 Å². The van der Waals surface area contributed by atoms with Crippen molar-refractivity contribution in [1.29, 1.82) is 0 Å². The SMILES string of the molecule is CC(=O)NCC1CC(c2ccc(N3CCN(C(=O)CN4CCCC(O)C4)CC3)c(F)c2)=NO1. The fourth-order valence-corrected chi connectivity index (χ4v) is 4.57. The normalized spacial score (nSPS) is 23.8. The number of anilines is 1. The highest BCUT2D eigenvalue weighted by Gasteiger charge is 2.27. The molecule has 1 aromatic carbocycles. The number of hydrogen-bond acceptors (Lipinski definition) is 7. The number of hydrogen-bond donors (Lipinski definition) is 2. The molecule has 2 fully saturated rings. The minimum atomic E-state index is -0.348. The average molecular weight is 462 g/mol. The predicted octanol–water partition coefficient (Wildman–Crippen LogP) is 0.560. The van der Waals surface area contributed by atoms with Gasteiger partial charge < -0.3 is 25.1 Å². The molecule has 3 aliphatic heterocycles. The van der Waals surface area contributed by atoms with Crippen LogP contribution in [-0.4, -0.2) is 97.0 Å². The van der Waals surface area contributed by atoms with Crippen molar-refractivity contribution in [2.75, 3.05) is 57.3 Å². The van der Waals surface area contributed by atoms with E-state index in [2.05, 4.69) is 10.5 Å². The lowest BCUT2D eigenvalue weighted by Crippen LogP contribution is -2.52. The minimum absolute atomic E-state index is 0.0626. The van der Waals surface area contributed by atoms with E-state index >= 15 is 0 Å². The van der Waals surface area contributed by atoms with E-state index in [0.717, 1.165) is 19.4 Å². The number of aliphatic hydroxyl groups excluding tert-OH is 1. The predicted molar refractivity (Wildman–Crippen MR) is 122 cm³/mol. The third kappa shape index (κ3) is 6.00. The van der Waals surface area contributed by atoms with Crippen LogP contribution in [0.3, 0.4) is 0 Å². The third-order valence-corrected chi connectivity index (χ3v) is 6.41. The molecular formula is C23H32FN5O4. The van der Waals surface area contributed by atoms with E-state index in [9.17, 15) is 19.1 Å². The molecule has 0 spiro atoms. The minimum Gasteiger partial charge on any atom is -0.392 e. The summed E-state index contributed by atoms with van der Waals surface area (Å²) < 4.78 is 14.9. The molecule has 9 nitrogen and oxygen atoms in total. The van der Waals surface area contributed by atoms with E-state index in [4.69, 9.17) is 4.84 Å². The van der Waals surface area contributed by atoms with Crippen LogP contribution >= 0.6 is 0 Å². The first-order valence-corrected chi connectivity index (χ1v) is 11.6. The highest BCUT2D eigenvalue weighted by molar-refractivity contribution is 6.01. The number of nitrogens with zero attached hydrogens (tertiary/aromatic N) is 4. The lowest BCUT2D eigenvalue weighted by atomic mass is 10.0. The van der Waals surface area contributed by atoms with E-state index in [-0.39, 0.29) is 29.8 Å². The van der Waals surface area contributed by atoms with E-state index in [1.54, 1.807) is 6.07 Å². The number of β-amino-alcohol motifs (C(OH)–C–C–N with tert-alkyl or cyclic N) is 1. The molecule has 0 radical (unpaired) electrons. The summed E-state index contributed by atoms with van der Waals surface area (Å²) in [6.45, 7) is 5.74. The number of piperidine rings is 1. The third-order valence-electron chi connectivity index (χ3n) is 6.41. The van der Waals surface area contributed by atoms with Crippen molar-refractivity contribution in [2.24, 2.45) is 5.16 Å². The van der Waals surface area contributed by atoms with Crippen LogP contribution in [0.2, 0.25) is 0 Å². The maximum absolute atomic E-state index is 14.9. The lowest BCUT2D eigenvalue weighted by molar-refractivity contribution is -0.133. The Balaban J connectivity index is 1.28. The quantitative estimate of drug-likeness (QED) is 0.643. The van der Waals surface area contributed by atoms with Gasteiger partial charge in [-0.05, 0) is 31.5 Å². The van der Waals surface area contributed by atoms with Crippen molar-refractivity contribution in [3.63, 3.8) is 0 Å². The summed E-state index contributed by atoms with van der Waals surface area (Å²) in [5, 5.41) is 16.5. The number of likely N-dealkylation sites (tertiary alicyclic amines) is 1. The molecule has 0 saturated carbocycles. The number of aliphatic hydroxyl groups is 1. The van der Waals surface area contributed by atoms with Crippen molar-refractivity contribution in [3.8, 4) is 0 Å². The van der Waals surface area contributed by atoms with Crippen LogP contribution in [0.15, 0.2) is 23.4 Å². The van der Waals surface area contributed by atoms with Crippen LogP contribution in [0.4, 0.5) is 10.1 Å². The van der Waals surface area contributed by atoms with Crippen molar-refractivity contribution < 1.29 is 23.9 Å². The van der Waals surface area contributed by atoms with Gasteiger partial charge in [-0.25, -0.2) is 4.39 Å². The van der Waals surface area contributed by atoms with Gasteiger partial charge in [-0.2, -0.15) is 0 Å². The smallest absolute Gasteiger partial charge is 0.236 e. The Bertz CT molecular complexity index is 903. The van der Waals surface area contributed by atoms with Crippen LogP contribution in [0, 0.1) is 5.82 Å². The molecule has 10 heteroatoms. The Labute approximate surface area is 193 Å².